The molecular weight excluding hydrogens is 443 g/mol. The number of carbonyl (C=O) groups excluding carboxylic acids is 1. The van der Waals surface area contributed by atoms with Crippen LogP contribution in [0.3, 0.4) is 0 Å². The number of rotatable bonds is 6. The number of methoxy groups -OCH3 is 1. The molecule has 1 N–H and O–H groups in total. The van der Waals surface area contributed by atoms with Crippen molar-refractivity contribution in [1.82, 2.24) is 24.9 Å². The highest BCUT2D eigenvalue weighted by Gasteiger charge is 2.33. The normalized spacial score (nSPS) is 21.8. The summed E-state index contributed by atoms with van der Waals surface area (Å²) in [6, 6.07) is 3.16. The monoisotopic (exact) mass is 470 g/mol. The second kappa shape index (κ2) is 8.80. The van der Waals surface area contributed by atoms with E-state index in [2.05, 4.69) is 20.3 Å². The van der Waals surface area contributed by atoms with Gasteiger partial charge in [0.2, 0.25) is 5.88 Å². The molecule has 0 bridgehead atoms. The molecule has 34 heavy (non-hydrogen) atoms. The Bertz CT molecular complexity index is 1220. The first-order valence-corrected chi connectivity index (χ1v) is 11.2. The van der Waals surface area contributed by atoms with Gasteiger partial charge in [-0.25, -0.2) is 18.9 Å². The highest BCUT2D eigenvalue weighted by atomic mass is 19.1. The van der Waals surface area contributed by atoms with E-state index in [1.165, 1.54) is 19.4 Å². The van der Waals surface area contributed by atoms with E-state index in [0.29, 0.717) is 41.6 Å². The van der Waals surface area contributed by atoms with Crippen LogP contribution in [-0.2, 0) is 9.47 Å². The molecule has 2 atom stereocenters. The van der Waals surface area contributed by atoms with E-state index in [-0.39, 0.29) is 18.1 Å². The van der Waals surface area contributed by atoms with Gasteiger partial charge in [-0.2, -0.15) is 5.10 Å². The quantitative estimate of drug-likeness (QED) is 0.586. The maximum absolute atomic E-state index is 14.0. The standard InChI is InChI=1S/C23H27FN6O4/c1-23(2)33-13-15(34-23)11-25-21(31)17-12-27-30-8-6-19(28-20(17)30)29-7-4-5-18(29)16-9-14(24)10-26-22(16)32-3/h6,8-10,12,15,18H,4-5,7,11,13H2,1-3H3,(H,25,31). The highest BCUT2D eigenvalue weighted by Crippen LogP contribution is 2.38. The minimum Gasteiger partial charge on any atom is -0.481 e. The number of pyridine rings is 1. The van der Waals surface area contributed by atoms with Crippen molar-refractivity contribution in [3.63, 3.8) is 0 Å². The Morgan fingerprint density at radius 3 is 3.00 bits per heavy atom. The third-order valence-electron chi connectivity index (χ3n) is 6.10. The molecule has 2 unspecified atom stereocenters. The Morgan fingerprint density at radius 2 is 2.24 bits per heavy atom. The van der Waals surface area contributed by atoms with E-state index >= 15 is 0 Å². The van der Waals surface area contributed by atoms with Crippen LogP contribution in [0.2, 0.25) is 0 Å². The van der Waals surface area contributed by atoms with Crippen molar-refractivity contribution in [2.45, 2.75) is 44.6 Å². The zero-order chi connectivity index (χ0) is 23.9. The van der Waals surface area contributed by atoms with E-state index < -0.39 is 11.6 Å². The van der Waals surface area contributed by atoms with Gasteiger partial charge in [-0.1, -0.05) is 0 Å². The first kappa shape index (κ1) is 22.5. The lowest BCUT2D eigenvalue weighted by Gasteiger charge is -2.27. The zero-order valence-corrected chi connectivity index (χ0v) is 19.3. The van der Waals surface area contributed by atoms with Crippen LogP contribution in [0.1, 0.15) is 48.7 Å². The first-order chi connectivity index (χ1) is 16.3. The predicted octanol–water partition coefficient (Wildman–Crippen LogP) is 2.49. The number of nitrogens with zero attached hydrogens (tertiary/aromatic N) is 5. The van der Waals surface area contributed by atoms with E-state index in [4.69, 9.17) is 19.2 Å². The Kier molecular flexibility index (Phi) is 5.82. The van der Waals surface area contributed by atoms with Crippen molar-refractivity contribution in [1.29, 1.82) is 0 Å². The van der Waals surface area contributed by atoms with Crippen LogP contribution >= 0.6 is 0 Å². The zero-order valence-electron chi connectivity index (χ0n) is 19.3. The number of carbonyl (C=O) groups is 1. The largest absolute Gasteiger partial charge is 0.481 e. The summed E-state index contributed by atoms with van der Waals surface area (Å²) in [4.78, 5) is 23.8. The molecule has 0 aliphatic carbocycles. The van der Waals surface area contributed by atoms with Gasteiger partial charge in [0.05, 0.1) is 32.2 Å². The first-order valence-electron chi connectivity index (χ1n) is 11.2. The summed E-state index contributed by atoms with van der Waals surface area (Å²) in [5.74, 6) is -0.291. The fraction of sp³-hybridized carbons (Fsp3) is 0.478. The van der Waals surface area contributed by atoms with Crippen molar-refractivity contribution in [3.8, 4) is 5.88 Å². The smallest absolute Gasteiger partial charge is 0.256 e. The molecule has 11 heteroatoms. The summed E-state index contributed by atoms with van der Waals surface area (Å²) >= 11 is 0. The maximum atomic E-state index is 14.0. The van der Waals surface area contributed by atoms with Crippen molar-refractivity contribution >= 4 is 17.4 Å². The van der Waals surface area contributed by atoms with Crippen molar-refractivity contribution in [2.75, 3.05) is 31.7 Å². The van der Waals surface area contributed by atoms with E-state index in [1.54, 1.807) is 10.7 Å². The van der Waals surface area contributed by atoms with Crippen molar-refractivity contribution in [2.24, 2.45) is 0 Å². The Labute approximate surface area is 196 Å². The molecule has 3 aromatic heterocycles. The number of hydrogen-bond acceptors (Lipinski definition) is 8. The lowest BCUT2D eigenvalue weighted by Crippen LogP contribution is -2.34. The molecule has 5 heterocycles. The second-order valence-electron chi connectivity index (χ2n) is 8.88. The third kappa shape index (κ3) is 4.28. The van der Waals surface area contributed by atoms with Crippen LogP contribution in [0.15, 0.2) is 30.7 Å². The average Bonchev–Trinajstić information content (AvgIpc) is 3.55. The summed E-state index contributed by atoms with van der Waals surface area (Å²) in [6.07, 6.45) is 5.90. The average molecular weight is 471 g/mol. The third-order valence-corrected chi connectivity index (χ3v) is 6.10. The Morgan fingerprint density at radius 1 is 1.38 bits per heavy atom. The summed E-state index contributed by atoms with van der Waals surface area (Å²) < 4.78 is 32.2. The molecule has 3 aromatic rings. The fourth-order valence-corrected chi connectivity index (χ4v) is 4.56. The summed E-state index contributed by atoms with van der Waals surface area (Å²) in [6.45, 7) is 5.15. The van der Waals surface area contributed by atoms with Gasteiger partial charge in [0, 0.05) is 24.8 Å². The molecule has 2 fully saturated rings. The number of aromatic nitrogens is 4. The minimum absolute atomic E-state index is 0.142. The molecule has 10 nitrogen and oxygen atoms in total. The van der Waals surface area contributed by atoms with E-state index in [0.717, 1.165) is 25.6 Å². The molecular formula is C23H27FN6O4. The highest BCUT2D eigenvalue weighted by molar-refractivity contribution is 5.99. The molecule has 2 aliphatic rings. The second-order valence-corrected chi connectivity index (χ2v) is 8.88. The van der Waals surface area contributed by atoms with E-state index in [9.17, 15) is 9.18 Å². The van der Waals surface area contributed by atoms with Gasteiger partial charge < -0.3 is 24.4 Å². The van der Waals surface area contributed by atoms with Gasteiger partial charge in [-0.3, -0.25) is 4.79 Å². The van der Waals surface area contributed by atoms with Crippen LogP contribution in [0, 0.1) is 5.82 Å². The number of amides is 1. The SMILES string of the molecule is COc1ncc(F)cc1C1CCCN1c1ccn2ncc(C(=O)NCC3COC(C)(C)O3)c2n1. The summed E-state index contributed by atoms with van der Waals surface area (Å²) in [5.41, 5.74) is 1.48. The topological polar surface area (TPSA) is 103 Å². The van der Waals surface area contributed by atoms with Crippen LogP contribution in [0.5, 0.6) is 5.88 Å². The van der Waals surface area contributed by atoms with Gasteiger partial charge in [-0.05, 0) is 38.8 Å². The van der Waals surface area contributed by atoms with Gasteiger partial charge in [0.25, 0.3) is 5.91 Å². The molecule has 1 amide bonds. The number of fused-ring (bicyclic) bond motifs is 1. The van der Waals surface area contributed by atoms with Crippen molar-refractivity contribution < 1.29 is 23.4 Å². The van der Waals surface area contributed by atoms with Gasteiger partial charge in [0.15, 0.2) is 11.4 Å². The summed E-state index contributed by atoms with van der Waals surface area (Å²) in [7, 11) is 1.52. The minimum atomic E-state index is -0.650. The lowest BCUT2D eigenvalue weighted by atomic mass is 10.1. The van der Waals surface area contributed by atoms with Crippen LogP contribution < -0.4 is 15.0 Å². The molecule has 0 spiro atoms. The number of nitrogens with one attached hydrogen (secondary N) is 1. The number of halogens is 1. The van der Waals surface area contributed by atoms with Crippen LogP contribution in [0.25, 0.3) is 5.65 Å². The summed E-state index contributed by atoms with van der Waals surface area (Å²) in [5, 5.41) is 7.15. The van der Waals surface area contributed by atoms with Gasteiger partial charge in [-0.15, -0.1) is 0 Å². The lowest BCUT2D eigenvalue weighted by molar-refractivity contribution is -0.137. The van der Waals surface area contributed by atoms with Crippen molar-refractivity contribution in [3.05, 3.63) is 47.7 Å². The predicted molar refractivity (Wildman–Crippen MR) is 120 cm³/mol. The Hall–Kier alpha value is -3.31. The molecule has 0 radical (unpaired) electrons. The molecule has 2 saturated heterocycles. The van der Waals surface area contributed by atoms with Gasteiger partial charge in [0.1, 0.15) is 23.3 Å². The fourth-order valence-electron chi connectivity index (χ4n) is 4.56. The van der Waals surface area contributed by atoms with Crippen LogP contribution in [0.4, 0.5) is 10.2 Å². The van der Waals surface area contributed by atoms with Gasteiger partial charge >= 0.3 is 0 Å². The van der Waals surface area contributed by atoms with Crippen LogP contribution in [-0.4, -0.2) is 64.2 Å². The number of ether oxygens (including phenoxy) is 3. The number of anilines is 1. The molecule has 0 saturated carbocycles. The Balaban J connectivity index is 1.38. The molecule has 2 aliphatic heterocycles. The molecule has 0 aromatic carbocycles. The molecule has 5 rings (SSSR count). The van der Waals surface area contributed by atoms with E-state index in [1.807, 2.05) is 19.9 Å². The number of hydrogen-bond donors (Lipinski definition) is 1. The molecule has 180 valence electrons. The maximum Gasteiger partial charge on any atom is 0.256 e.